The molecule has 0 saturated carbocycles. The summed E-state index contributed by atoms with van der Waals surface area (Å²) in [6.07, 6.45) is 2.03. The molecule has 4 nitrogen and oxygen atoms in total. The van der Waals surface area contributed by atoms with Crippen molar-refractivity contribution in [2.24, 2.45) is 10.9 Å². The van der Waals surface area contributed by atoms with Crippen LogP contribution in [-0.2, 0) is 0 Å². The van der Waals surface area contributed by atoms with Gasteiger partial charge in [0.2, 0.25) is 0 Å². The van der Waals surface area contributed by atoms with Crippen LogP contribution in [0.2, 0.25) is 0 Å². The molecule has 0 aromatic rings. The van der Waals surface area contributed by atoms with Crippen molar-refractivity contribution in [2.45, 2.75) is 38.4 Å². The van der Waals surface area contributed by atoms with Gasteiger partial charge in [0.05, 0.1) is 6.61 Å². The highest BCUT2D eigenvalue weighted by atomic mass is 19.4. The molecule has 1 rings (SSSR count). The summed E-state index contributed by atoms with van der Waals surface area (Å²) in [5, 5.41) is 15.2. The largest absolute Gasteiger partial charge is 0.409 e. The Balaban J connectivity index is 2.54. The van der Waals surface area contributed by atoms with E-state index in [1.54, 1.807) is 6.08 Å². The minimum Gasteiger partial charge on any atom is -0.395 e. The van der Waals surface area contributed by atoms with Gasteiger partial charge in [-0.2, -0.15) is 13.2 Å². The molecule has 0 aromatic carbocycles. The molecule has 0 amide bonds. The van der Waals surface area contributed by atoms with E-state index < -0.39 is 6.18 Å². The Hall–Kier alpha value is -1.60. The minimum absolute atomic E-state index is 0.105. The van der Waals surface area contributed by atoms with Gasteiger partial charge in [-0.25, -0.2) is 0 Å². The first-order chi connectivity index (χ1) is 11.4. The summed E-state index contributed by atoms with van der Waals surface area (Å²) >= 11 is 0. The van der Waals surface area contributed by atoms with E-state index in [1.807, 2.05) is 0 Å². The van der Waals surface area contributed by atoms with Crippen LogP contribution in [0.1, 0.15) is 26.2 Å². The lowest BCUT2D eigenvalue weighted by Gasteiger charge is -2.28. The summed E-state index contributed by atoms with van der Waals surface area (Å²) in [6.45, 7) is 6.97. The summed E-state index contributed by atoms with van der Waals surface area (Å²) < 4.78 is 36.5. The number of amidine groups is 1. The van der Waals surface area contributed by atoms with Crippen molar-refractivity contribution < 1.29 is 18.3 Å². The third kappa shape index (κ3) is 8.31. The number of halogens is 3. The molecule has 136 valence electrons. The number of hydrogen-bond acceptors (Lipinski definition) is 4. The number of aliphatic imine (C=N–C) groups is 1. The quantitative estimate of drug-likeness (QED) is 0.468. The SMILES string of the molecule is C=C/C=C(\C/C=C\C(F)(F)F)NC1=NCC([C@H](C)NCCO)CC1. The number of allylic oxidation sites excluding steroid dienone is 4. The van der Waals surface area contributed by atoms with Crippen molar-refractivity contribution in [1.82, 2.24) is 10.6 Å². The molecule has 3 N–H and O–H groups in total. The number of aliphatic hydroxyl groups is 1. The molecule has 0 bridgehead atoms. The van der Waals surface area contributed by atoms with Gasteiger partial charge in [-0.15, -0.1) is 0 Å². The van der Waals surface area contributed by atoms with Gasteiger partial charge in [0.1, 0.15) is 5.84 Å². The van der Waals surface area contributed by atoms with Crippen molar-refractivity contribution >= 4 is 5.84 Å². The molecule has 0 fully saturated rings. The summed E-state index contributed by atoms with van der Waals surface area (Å²) in [7, 11) is 0. The zero-order valence-electron chi connectivity index (χ0n) is 13.9. The number of nitrogens with zero attached hydrogens (tertiary/aromatic N) is 1. The lowest BCUT2D eigenvalue weighted by molar-refractivity contribution is -0.0800. The summed E-state index contributed by atoms with van der Waals surface area (Å²) in [5.41, 5.74) is 0.633. The van der Waals surface area contributed by atoms with E-state index in [4.69, 9.17) is 5.11 Å². The van der Waals surface area contributed by atoms with Crippen LogP contribution in [0.5, 0.6) is 0 Å². The van der Waals surface area contributed by atoms with Gasteiger partial charge >= 0.3 is 6.18 Å². The molecule has 1 aliphatic heterocycles. The molecule has 1 unspecified atom stereocenters. The van der Waals surface area contributed by atoms with Crippen LogP contribution < -0.4 is 10.6 Å². The number of aliphatic hydroxyl groups excluding tert-OH is 1. The van der Waals surface area contributed by atoms with Crippen LogP contribution in [-0.4, -0.2) is 42.9 Å². The maximum Gasteiger partial charge on any atom is 0.409 e. The highest BCUT2D eigenvalue weighted by Crippen LogP contribution is 2.19. The van der Waals surface area contributed by atoms with E-state index in [0.29, 0.717) is 24.7 Å². The number of nitrogens with one attached hydrogen (secondary N) is 2. The standard InChI is InChI=1S/C17H26F3N3O/c1-3-5-15(6-4-9-17(18,19)20)23-16-8-7-14(12-22-16)13(2)21-10-11-24/h3-5,9,13-14,21,24H,1,6-8,10-12H2,2H3,(H,22,23)/b9-4-,15-5+/t13-,14?/m0/s1. The molecule has 1 heterocycles. The van der Waals surface area contributed by atoms with E-state index in [1.165, 1.54) is 6.08 Å². The van der Waals surface area contributed by atoms with E-state index in [9.17, 15) is 13.2 Å². The fourth-order valence-electron chi connectivity index (χ4n) is 2.50. The van der Waals surface area contributed by atoms with Gasteiger partial charge in [0.15, 0.2) is 0 Å². The Kier molecular flexibility index (Phi) is 8.78. The van der Waals surface area contributed by atoms with Gasteiger partial charge < -0.3 is 15.7 Å². The molecule has 0 saturated heterocycles. The van der Waals surface area contributed by atoms with Gasteiger partial charge in [0.25, 0.3) is 0 Å². The van der Waals surface area contributed by atoms with E-state index in [2.05, 4.69) is 29.1 Å². The third-order valence-corrected chi connectivity index (χ3v) is 3.82. The first-order valence-corrected chi connectivity index (χ1v) is 8.06. The number of hydrogen-bond donors (Lipinski definition) is 3. The first kappa shape index (κ1) is 20.4. The Morgan fingerprint density at radius 1 is 1.50 bits per heavy atom. The maximum atomic E-state index is 12.2. The summed E-state index contributed by atoms with van der Waals surface area (Å²) in [4.78, 5) is 4.50. The zero-order chi connectivity index (χ0) is 18.0. The lowest BCUT2D eigenvalue weighted by atomic mass is 9.93. The average Bonchev–Trinajstić information content (AvgIpc) is 2.52. The Labute approximate surface area is 141 Å². The van der Waals surface area contributed by atoms with Crippen molar-refractivity contribution in [2.75, 3.05) is 19.7 Å². The molecule has 0 aliphatic carbocycles. The predicted octanol–water partition coefficient (Wildman–Crippen LogP) is 2.93. The molecule has 2 atom stereocenters. The van der Waals surface area contributed by atoms with Gasteiger partial charge in [-0.1, -0.05) is 18.7 Å². The van der Waals surface area contributed by atoms with Crippen LogP contribution in [0.15, 0.2) is 41.6 Å². The van der Waals surface area contributed by atoms with E-state index in [0.717, 1.165) is 24.8 Å². The second kappa shape index (κ2) is 10.3. The third-order valence-electron chi connectivity index (χ3n) is 3.82. The smallest absolute Gasteiger partial charge is 0.395 e. The highest BCUT2D eigenvalue weighted by molar-refractivity contribution is 5.84. The Morgan fingerprint density at radius 3 is 2.79 bits per heavy atom. The average molecular weight is 345 g/mol. The summed E-state index contributed by atoms with van der Waals surface area (Å²) in [5.74, 6) is 1.17. The van der Waals surface area contributed by atoms with Crippen LogP contribution in [0.25, 0.3) is 0 Å². The van der Waals surface area contributed by atoms with Gasteiger partial charge in [-0.05, 0) is 25.3 Å². The first-order valence-electron chi connectivity index (χ1n) is 8.06. The van der Waals surface area contributed by atoms with Crippen LogP contribution in [0.3, 0.4) is 0 Å². The maximum absolute atomic E-state index is 12.2. The molecule has 0 aromatic heterocycles. The van der Waals surface area contributed by atoms with Crippen molar-refractivity contribution in [3.63, 3.8) is 0 Å². The minimum atomic E-state index is -4.30. The normalized spacial score (nSPS) is 20.8. The van der Waals surface area contributed by atoms with E-state index >= 15 is 0 Å². The fraction of sp³-hybridized carbons (Fsp3) is 0.588. The summed E-state index contributed by atoms with van der Waals surface area (Å²) in [6, 6.07) is 0.264. The molecule has 1 aliphatic rings. The van der Waals surface area contributed by atoms with Crippen molar-refractivity contribution in [3.05, 3.63) is 36.6 Å². The van der Waals surface area contributed by atoms with Gasteiger partial charge in [-0.3, -0.25) is 4.99 Å². The predicted molar refractivity (Wildman–Crippen MR) is 90.8 cm³/mol. The number of alkyl halides is 3. The number of rotatable bonds is 8. The monoisotopic (exact) mass is 345 g/mol. The fourth-order valence-corrected chi connectivity index (χ4v) is 2.50. The van der Waals surface area contributed by atoms with Gasteiger partial charge in [0, 0.05) is 43.7 Å². The van der Waals surface area contributed by atoms with Crippen molar-refractivity contribution in [1.29, 1.82) is 0 Å². The van der Waals surface area contributed by atoms with Crippen LogP contribution in [0, 0.1) is 5.92 Å². The Morgan fingerprint density at radius 2 is 2.25 bits per heavy atom. The highest BCUT2D eigenvalue weighted by Gasteiger charge is 2.22. The second-order valence-corrected chi connectivity index (χ2v) is 5.75. The topological polar surface area (TPSA) is 56.7 Å². The van der Waals surface area contributed by atoms with Crippen molar-refractivity contribution in [3.8, 4) is 0 Å². The van der Waals surface area contributed by atoms with Crippen LogP contribution >= 0.6 is 0 Å². The molecular weight excluding hydrogens is 319 g/mol. The molecule has 24 heavy (non-hydrogen) atoms. The lowest BCUT2D eigenvalue weighted by Crippen LogP contribution is -2.39. The van der Waals surface area contributed by atoms with Crippen LogP contribution in [0.4, 0.5) is 13.2 Å². The van der Waals surface area contributed by atoms with E-state index in [-0.39, 0.29) is 25.1 Å². The molecule has 7 heteroatoms. The second-order valence-electron chi connectivity index (χ2n) is 5.75. The zero-order valence-corrected chi connectivity index (χ0v) is 13.9. The molecular formula is C17H26F3N3O. The molecule has 0 spiro atoms. The Bertz CT molecular complexity index is 484. The molecule has 0 radical (unpaired) electrons.